The van der Waals surface area contributed by atoms with Crippen LogP contribution >= 0.6 is 0 Å². The number of hydrogen-bond donors (Lipinski definition) is 3. The predicted molar refractivity (Wildman–Crippen MR) is 412 cm³/mol. The highest BCUT2D eigenvalue weighted by molar-refractivity contribution is 5.92. The number of carbonyl (C=O) groups excluding carboxylic acids is 5. The molecule has 0 bridgehead atoms. The molecule has 8 aromatic heterocycles. The van der Waals surface area contributed by atoms with Crippen LogP contribution in [0.2, 0.25) is 0 Å². The number of ether oxygens (including phenoxy) is 3. The smallest absolute Gasteiger partial charge is 0.338 e. The van der Waals surface area contributed by atoms with E-state index in [0.717, 1.165) is 209 Å². The molecule has 0 atom stereocenters. The Morgan fingerprint density at radius 1 is 0.404 bits per heavy atom. The Balaban J connectivity index is 0.000000138. The zero-order valence-corrected chi connectivity index (χ0v) is 64.7. The normalized spacial score (nSPS) is 17.9. The molecule has 0 aromatic carbocycles. The molecule has 109 heavy (non-hydrogen) atoms. The first-order valence-corrected chi connectivity index (χ1v) is 39.2. The quantitative estimate of drug-likeness (QED) is 0.0531. The van der Waals surface area contributed by atoms with Crippen molar-refractivity contribution in [1.29, 1.82) is 0 Å². The summed E-state index contributed by atoms with van der Waals surface area (Å²) in [6.45, 7) is 17.0. The molecule has 8 fully saturated rings. The van der Waals surface area contributed by atoms with Gasteiger partial charge in [-0.2, -0.15) is 20.4 Å². The molecule has 0 amide bonds. The van der Waals surface area contributed by atoms with Crippen LogP contribution in [0.5, 0.6) is 0 Å². The fourth-order valence-electron chi connectivity index (χ4n) is 15.2. The molecule has 4 aliphatic carbocycles. The zero-order valence-electron chi connectivity index (χ0n) is 64.7. The average molecular weight is 1490 g/mol. The Kier molecular flexibility index (Phi) is 29.4. The summed E-state index contributed by atoms with van der Waals surface area (Å²) < 4.78 is 23.1. The number of carbonyl (C=O) groups is 6. The van der Waals surface area contributed by atoms with Crippen molar-refractivity contribution >= 4 is 35.4 Å². The summed E-state index contributed by atoms with van der Waals surface area (Å²) in [5.74, 6) is -1.01. The van der Waals surface area contributed by atoms with Crippen molar-refractivity contribution < 1.29 is 48.1 Å². The van der Waals surface area contributed by atoms with Gasteiger partial charge in [0.15, 0.2) is 0 Å². The number of methoxy groups -OCH3 is 3. The number of aryl methyl sites for hydroxylation is 3. The molecule has 26 nitrogen and oxygen atoms in total. The van der Waals surface area contributed by atoms with E-state index in [1.54, 1.807) is 67.6 Å². The van der Waals surface area contributed by atoms with Gasteiger partial charge >= 0.3 is 23.9 Å². The predicted octanol–water partition coefficient (Wildman–Crippen LogP) is 11.5. The maximum Gasteiger partial charge on any atom is 0.338 e. The lowest BCUT2D eigenvalue weighted by Crippen LogP contribution is -2.45. The van der Waals surface area contributed by atoms with Gasteiger partial charge in [-0.15, -0.1) is 0 Å². The number of nitrogens with zero attached hydrogens (tertiary/aromatic N) is 14. The van der Waals surface area contributed by atoms with Crippen LogP contribution in [0.25, 0.3) is 0 Å². The molecule has 582 valence electrons. The first kappa shape index (κ1) is 80.5. The van der Waals surface area contributed by atoms with Crippen LogP contribution in [0.15, 0.2) is 98.6 Å². The van der Waals surface area contributed by atoms with Crippen LogP contribution in [0.3, 0.4) is 0 Å². The fraction of sp³-hybridized carbons (Fsp3) is 0.542. The summed E-state index contributed by atoms with van der Waals surface area (Å²) in [6, 6.07) is 10.2. The Morgan fingerprint density at radius 2 is 0.716 bits per heavy atom. The third-order valence-corrected chi connectivity index (χ3v) is 22.9. The second kappa shape index (κ2) is 39.7. The van der Waals surface area contributed by atoms with Crippen LogP contribution in [-0.4, -0.2) is 195 Å². The summed E-state index contributed by atoms with van der Waals surface area (Å²) >= 11 is 0. The van der Waals surface area contributed by atoms with Crippen molar-refractivity contribution in [2.45, 2.75) is 218 Å². The van der Waals surface area contributed by atoms with Gasteiger partial charge in [0, 0.05) is 163 Å². The summed E-state index contributed by atoms with van der Waals surface area (Å²) in [5, 5.41) is 34.9. The van der Waals surface area contributed by atoms with Gasteiger partial charge in [-0.25, -0.2) is 19.2 Å². The largest absolute Gasteiger partial charge is 0.478 e. The Labute approximate surface area is 639 Å². The van der Waals surface area contributed by atoms with E-state index in [2.05, 4.69) is 94.8 Å². The first-order valence-electron chi connectivity index (χ1n) is 39.2. The maximum absolute atomic E-state index is 12.0. The van der Waals surface area contributed by atoms with Gasteiger partial charge in [-0.1, -0.05) is 12.8 Å². The molecule has 3 N–H and O–H groups in total. The van der Waals surface area contributed by atoms with Gasteiger partial charge in [0.1, 0.15) is 11.6 Å². The molecule has 12 heterocycles. The number of Topliss-reactive ketones (excluding diaryl/α,β-unsaturated/α-hetero) is 2. The molecule has 8 aromatic rings. The lowest BCUT2D eigenvalue weighted by molar-refractivity contribution is -0.124. The molecular weight excluding hydrogens is 1380 g/mol. The number of carboxylic acids is 1. The van der Waals surface area contributed by atoms with E-state index in [1.165, 1.54) is 79.1 Å². The number of piperidine rings is 4. The molecule has 26 heteroatoms. The minimum atomic E-state index is -0.907. The van der Waals surface area contributed by atoms with E-state index in [-0.39, 0.29) is 17.9 Å². The van der Waals surface area contributed by atoms with Gasteiger partial charge in [-0.3, -0.25) is 48.3 Å². The van der Waals surface area contributed by atoms with Crippen molar-refractivity contribution in [3.8, 4) is 0 Å². The van der Waals surface area contributed by atoms with Crippen LogP contribution < -0.4 is 10.6 Å². The van der Waals surface area contributed by atoms with Crippen molar-refractivity contribution in [1.82, 2.24) is 79.5 Å². The lowest BCUT2D eigenvalue weighted by Gasteiger charge is -2.41. The van der Waals surface area contributed by atoms with E-state index in [1.807, 2.05) is 27.0 Å². The lowest BCUT2D eigenvalue weighted by atomic mass is 9.89. The van der Waals surface area contributed by atoms with Crippen molar-refractivity contribution in [2.75, 3.05) is 73.7 Å². The second-order valence-corrected chi connectivity index (χ2v) is 29.9. The molecule has 4 saturated heterocycles. The topological polar surface area (TPSA) is 304 Å². The number of hydrogen-bond acceptors (Lipinski definition) is 21. The van der Waals surface area contributed by atoms with Crippen molar-refractivity contribution in [2.24, 2.45) is 0 Å². The first-order chi connectivity index (χ1) is 52.9. The standard InChI is InChI=1S/C21H28N4O2.C20H26N4O2.2C17H22N4O2.2C4H6O/c1-15-17(12-16-13-22-9-6-20(16)21(26)27-2)14-25(23-15)19-7-10-24(11-8-19)18-4-3-5-18;1-14-16(11-15-12-21-8-5-19(15)20(25)26)13-24(22-14)18-6-9-23(10-7-18)17-3-2-4-17;1-12-13(11-20-21(12)15-3-6-18-7-4-15)9-14-10-19-8-5-16(14)17(22)23-2;1-12-14(11-21(20-12)15-3-6-18-7-4-15)9-13-10-19-8-5-16(13)17(22)23-2;2*5-4-2-1-3-4/h6,9,13-14,18-19H,3-5,7-8,10-12H2,1-2H3;5,8,12-13,17-18H,2-4,6-7,9-11H2,1H3,(H,25,26);2*5,8,10-11,15,18H,3-4,6-7,9H2,1-2H3;2*1-3H2. The van der Waals surface area contributed by atoms with Gasteiger partial charge in [-0.05, 0) is 213 Å². The Hall–Kier alpha value is -9.50. The molecule has 4 saturated carbocycles. The number of aromatic carboxylic acids is 1. The Bertz CT molecular complexity index is 4240. The number of ketones is 2. The SMILES string of the molecule is COC(=O)c1ccncc1Cc1cn(C2CCN(C3CCC3)CC2)nc1C.COC(=O)c1ccncc1Cc1cn(C2CCNCC2)nc1C.COC(=O)c1ccncc1Cc1cnn(C2CCNCC2)c1C.Cc1nn(C2CCN(C3CCC3)CC2)cc1Cc1cnccc1C(=O)O.O=C1CCC1.O=C1CCC1. The molecule has 0 unspecified atom stereocenters. The van der Waals surface area contributed by atoms with E-state index < -0.39 is 5.97 Å². The van der Waals surface area contributed by atoms with Crippen molar-refractivity contribution in [3.63, 3.8) is 0 Å². The summed E-state index contributed by atoms with van der Waals surface area (Å²) in [5.41, 5.74) is 14.0. The molecule has 0 spiro atoms. The fourth-order valence-corrected chi connectivity index (χ4v) is 15.2. The van der Waals surface area contributed by atoms with Crippen LogP contribution in [0.4, 0.5) is 0 Å². The van der Waals surface area contributed by atoms with Gasteiger partial charge in [0.05, 0.1) is 91.0 Å². The van der Waals surface area contributed by atoms with Crippen LogP contribution in [0.1, 0.15) is 261 Å². The minimum absolute atomic E-state index is 0.319. The van der Waals surface area contributed by atoms with E-state index >= 15 is 0 Å². The van der Waals surface area contributed by atoms with Gasteiger partial charge < -0.3 is 39.8 Å². The van der Waals surface area contributed by atoms with Gasteiger partial charge in [0.25, 0.3) is 0 Å². The average Bonchev–Trinajstić information content (AvgIpc) is 1.71. The summed E-state index contributed by atoms with van der Waals surface area (Å²) in [6.07, 6.45) is 46.9. The number of nitrogens with one attached hydrogen (secondary N) is 2. The highest BCUT2D eigenvalue weighted by atomic mass is 16.5. The zero-order chi connectivity index (χ0) is 76.8. The van der Waals surface area contributed by atoms with Crippen molar-refractivity contribution in [3.05, 3.63) is 188 Å². The van der Waals surface area contributed by atoms with E-state index in [0.29, 0.717) is 83.7 Å². The van der Waals surface area contributed by atoms with Crippen LogP contribution in [0, 0.1) is 27.7 Å². The maximum atomic E-state index is 12.0. The monoisotopic (exact) mass is 1490 g/mol. The third-order valence-electron chi connectivity index (χ3n) is 22.9. The number of rotatable bonds is 18. The summed E-state index contributed by atoms with van der Waals surface area (Å²) in [7, 11) is 4.20. The molecule has 4 aliphatic heterocycles. The number of pyridine rings is 4. The van der Waals surface area contributed by atoms with Gasteiger partial charge in [0.2, 0.25) is 0 Å². The van der Waals surface area contributed by atoms with E-state index in [4.69, 9.17) is 24.4 Å². The minimum Gasteiger partial charge on any atom is -0.478 e. The number of carboxylic acid groups (broad SMARTS) is 1. The molecule has 8 aliphatic rings. The van der Waals surface area contributed by atoms with E-state index in [9.17, 15) is 33.9 Å². The highest BCUT2D eigenvalue weighted by Crippen LogP contribution is 2.34. The number of esters is 3. The number of likely N-dealkylation sites (tertiary alicyclic amines) is 2. The summed E-state index contributed by atoms with van der Waals surface area (Å²) in [4.78, 5) is 88.8. The second-order valence-electron chi connectivity index (χ2n) is 29.9. The molecule has 16 rings (SSSR count). The van der Waals surface area contributed by atoms with Crippen LogP contribution in [-0.2, 0) is 49.5 Å². The number of aromatic nitrogens is 12. The molecular formula is C83H110N16O10. The Morgan fingerprint density at radius 3 is 1.02 bits per heavy atom. The third kappa shape index (κ3) is 21.7. The molecule has 0 radical (unpaired) electrons. The highest BCUT2D eigenvalue weighted by Gasteiger charge is 2.32.